The monoisotopic (exact) mass is 281 g/mol. The van der Waals surface area contributed by atoms with Crippen LogP contribution in [-0.4, -0.2) is 9.96 Å². The lowest BCUT2D eigenvalue weighted by Crippen LogP contribution is -2.22. The standard InChI is InChI=1S/C14H13F2NOS/c15-14(16,11-6-2-1-3-7-11)10-19(18)13-9-5-4-8-12(13)17/h1-9H,10,17H2. The van der Waals surface area contributed by atoms with Gasteiger partial charge in [-0.3, -0.25) is 4.21 Å². The van der Waals surface area contributed by atoms with Crippen molar-refractivity contribution >= 4 is 16.5 Å². The molecular weight excluding hydrogens is 268 g/mol. The summed E-state index contributed by atoms with van der Waals surface area (Å²) < 4.78 is 40.0. The molecule has 0 spiro atoms. The first-order chi connectivity index (χ1) is 9.00. The average Bonchev–Trinajstić information content (AvgIpc) is 2.39. The Morgan fingerprint density at radius 1 is 1.00 bits per heavy atom. The number of nitrogens with two attached hydrogens (primary N) is 1. The van der Waals surface area contributed by atoms with Crippen LogP contribution in [0.1, 0.15) is 5.56 Å². The Kier molecular flexibility index (Phi) is 3.95. The highest BCUT2D eigenvalue weighted by atomic mass is 32.2. The molecule has 1 atom stereocenters. The van der Waals surface area contributed by atoms with Crippen LogP contribution in [0.2, 0.25) is 0 Å². The number of benzene rings is 2. The summed E-state index contributed by atoms with van der Waals surface area (Å²) in [4.78, 5) is 0.248. The Labute approximate surface area is 112 Å². The van der Waals surface area contributed by atoms with Crippen molar-refractivity contribution in [3.05, 3.63) is 60.2 Å². The van der Waals surface area contributed by atoms with E-state index in [0.717, 1.165) is 0 Å². The molecule has 2 aromatic carbocycles. The van der Waals surface area contributed by atoms with Gasteiger partial charge in [0.2, 0.25) is 0 Å². The molecule has 0 aliphatic carbocycles. The van der Waals surface area contributed by atoms with E-state index in [4.69, 9.17) is 5.73 Å². The highest BCUT2D eigenvalue weighted by Crippen LogP contribution is 2.31. The molecule has 2 N–H and O–H groups in total. The molecule has 0 radical (unpaired) electrons. The maximum Gasteiger partial charge on any atom is 0.284 e. The van der Waals surface area contributed by atoms with E-state index in [2.05, 4.69) is 0 Å². The lowest BCUT2D eigenvalue weighted by molar-refractivity contribution is 0.0222. The van der Waals surface area contributed by atoms with Crippen LogP contribution < -0.4 is 5.73 Å². The second kappa shape index (κ2) is 5.48. The van der Waals surface area contributed by atoms with Crippen molar-refractivity contribution in [1.29, 1.82) is 0 Å². The van der Waals surface area contributed by atoms with E-state index in [1.54, 1.807) is 24.3 Å². The fourth-order valence-corrected chi connectivity index (χ4v) is 2.91. The highest BCUT2D eigenvalue weighted by Gasteiger charge is 2.34. The van der Waals surface area contributed by atoms with Gasteiger partial charge in [0.1, 0.15) is 0 Å². The van der Waals surface area contributed by atoms with Crippen molar-refractivity contribution in [2.24, 2.45) is 0 Å². The van der Waals surface area contributed by atoms with Crippen molar-refractivity contribution in [3.8, 4) is 0 Å². The molecule has 0 saturated heterocycles. The maximum absolute atomic E-state index is 14.0. The van der Waals surface area contributed by atoms with E-state index < -0.39 is 22.5 Å². The smallest absolute Gasteiger partial charge is 0.284 e. The third-order valence-electron chi connectivity index (χ3n) is 2.67. The van der Waals surface area contributed by atoms with Crippen molar-refractivity contribution in [3.63, 3.8) is 0 Å². The Balaban J connectivity index is 2.22. The number of nitrogen functional groups attached to an aromatic ring is 1. The molecule has 0 aliphatic heterocycles. The largest absolute Gasteiger partial charge is 0.398 e. The fraction of sp³-hybridized carbons (Fsp3) is 0.143. The first-order valence-corrected chi connectivity index (χ1v) is 6.99. The number of rotatable bonds is 4. The van der Waals surface area contributed by atoms with Gasteiger partial charge in [0.05, 0.1) is 21.4 Å². The van der Waals surface area contributed by atoms with E-state index in [0.29, 0.717) is 0 Å². The summed E-state index contributed by atoms with van der Waals surface area (Å²) in [6.45, 7) is 0. The van der Waals surface area contributed by atoms with Gasteiger partial charge < -0.3 is 5.73 Å². The Morgan fingerprint density at radius 3 is 2.21 bits per heavy atom. The van der Waals surface area contributed by atoms with Crippen LogP contribution in [0.3, 0.4) is 0 Å². The average molecular weight is 281 g/mol. The molecule has 0 bridgehead atoms. The first kappa shape index (κ1) is 13.7. The summed E-state index contributed by atoms with van der Waals surface area (Å²) >= 11 is 0. The SMILES string of the molecule is Nc1ccccc1S(=O)CC(F)(F)c1ccccc1. The zero-order valence-corrected chi connectivity index (χ0v) is 10.9. The van der Waals surface area contributed by atoms with Gasteiger partial charge in [0.25, 0.3) is 5.92 Å². The number of hydrogen-bond donors (Lipinski definition) is 1. The van der Waals surface area contributed by atoms with E-state index in [-0.39, 0.29) is 16.1 Å². The number of anilines is 1. The number of para-hydroxylation sites is 1. The lowest BCUT2D eigenvalue weighted by Gasteiger charge is -2.16. The lowest BCUT2D eigenvalue weighted by atomic mass is 10.1. The molecule has 1 unspecified atom stereocenters. The predicted molar refractivity (Wildman–Crippen MR) is 72.5 cm³/mol. The summed E-state index contributed by atoms with van der Waals surface area (Å²) in [6, 6.07) is 13.7. The maximum atomic E-state index is 14.0. The minimum atomic E-state index is -3.14. The van der Waals surface area contributed by atoms with Gasteiger partial charge in [-0.25, -0.2) is 8.78 Å². The third-order valence-corrected chi connectivity index (χ3v) is 4.16. The second-order valence-corrected chi connectivity index (χ2v) is 5.52. The van der Waals surface area contributed by atoms with Crippen LogP contribution in [0.4, 0.5) is 14.5 Å². The van der Waals surface area contributed by atoms with E-state index in [1.807, 2.05) is 0 Å². The minimum absolute atomic E-state index is 0.141. The van der Waals surface area contributed by atoms with Gasteiger partial charge in [-0.2, -0.15) is 0 Å². The summed E-state index contributed by atoms with van der Waals surface area (Å²) in [5, 5.41) is 0. The van der Waals surface area contributed by atoms with Crippen LogP contribution in [0.25, 0.3) is 0 Å². The van der Waals surface area contributed by atoms with Crippen molar-refractivity contribution < 1.29 is 13.0 Å². The topological polar surface area (TPSA) is 43.1 Å². The summed E-state index contributed by atoms with van der Waals surface area (Å²) in [5.41, 5.74) is 5.77. The molecule has 0 amide bonds. The van der Waals surface area contributed by atoms with Crippen LogP contribution in [0.15, 0.2) is 59.5 Å². The Bertz CT molecular complexity index is 587. The summed E-state index contributed by atoms with van der Waals surface area (Å²) in [6.07, 6.45) is 0. The number of hydrogen-bond acceptors (Lipinski definition) is 2. The Morgan fingerprint density at radius 2 is 1.58 bits per heavy atom. The normalized spacial score (nSPS) is 13.2. The molecule has 0 saturated carbocycles. The molecule has 2 aromatic rings. The fourth-order valence-electron chi connectivity index (χ4n) is 1.70. The van der Waals surface area contributed by atoms with E-state index >= 15 is 0 Å². The van der Waals surface area contributed by atoms with Crippen LogP contribution in [-0.2, 0) is 16.7 Å². The number of alkyl halides is 2. The zero-order chi connectivity index (χ0) is 13.9. The van der Waals surface area contributed by atoms with Gasteiger partial charge >= 0.3 is 0 Å². The molecular formula is C14H13F2NOS. The molecule has 0 aliphatic rings. The molecule has 100 valence electrons. The van der Waals surface area contributed by atoms with Gasteiger partial charge in [-0.05, 0) is 12.1 Å². The van der Waals surface area contributed by atoms with Gasteiger partial charge in [-0.1, -0.05) is 42.5 Å². The highest BCUT2D eigenvalue weighted by molar-refractivity contribution is 7.85. The van der Waals surface area contributed by atoms with Gasteiger partial charge in [-0.15, -0.1) is 0 Å². The molecule has 2 rings (SSSR count). The van der Waals surface area contributed by atoms with Crippen molar-refractivity contribution in [2.75, 3.05) is 11.5 Å². The van der Waals surface area contributed by atoms with Crippen molar-refractivity contribution in [2.45, 2.75) is 10.8 Å². The molecule has 0 fully saturated rings. The summed E-state index contributed by atoms with van der Waals surface area (Å²) in [5.74, 6) is -3.92. The summed E-state index contributed by atoms with van der Waals surface area (Å²) in [7, 11) is -1.84. The molecule has 19 heavy (non-hydrogen) atoms. The van der Waals surface area contributed by atoms with Gasteiger partial charge in [0, 0.05) is 11.3 Å². The Hall–Kier alpha value is -1.75. The van der Waals surface area contributed by atoms with E-state index in [1.165, 1.54) is 30.3 Å². The van der Waals surface area contributed by atoms with Gasteiger partial charge in [0.15, 0.2) is 0 Å². The molecule has 2 nitrogen and oxygen atoms in total. The second-order valence-electron chi connectivity index (χ2n) is 4.10. The zero-order valence-electron chi connectivity index (χ0n) is 10.1. The van der Waals surface area contributed by atoms with Crippen LogP contribution in [0.5, 0.6) is 0 Å². The van der Waals surface area contributed by atoms with Crippen LogP contribution in [0, 0.1) is 0 Å². The quantitative estimate of drug-likeness (QED) is 0.875. The molecule has 0 aromatic heterocycles. The first-order valence-electron chi connectivity index (χ1n) is 5.67. The molecule has 0 heterocycles. The predicted octanol–water partition coefficient (Wildman–Crippen LogP) is 3.17. The third kappa shape index (κ3) is 3.17. The van der Waals surface area contributed by atoms with Crippen LogP contribution >= 0.6 is 0 Å². The van der Waals surface area contributed by atoms with Crippen molar-refractivity contribution in [1.82, 2.24) is 0 Å². The number of halogens is 2. The molecule has 5 heteroatoms. The minimum Gasteiger partial charge on any atom is -0.398 e. The van der Waals surface area contributed by atoms with E-state index in [9.17, 15) is 13.0 Å².